The monoisotopic (exact) mass is 868 g/mol. The molecule has 4 nitrogen and oxygen atoms in total. The number of hydrogen-bond donors (Lipinski definition) is 0. The third-order valence-corrected chi connectivity index (χ3v) is 10.0. The number of nitrogens with zero attached hydrogens (tertiary/aromatic N) is 2. The molecule has 0 aliphatic carbocycles. The Labute approximate surface area is 370 Å². The van der Waals surface area contributed by atoms with Gasteiger partial charge < -0.3 is 19.3 Å². The molecule has 0 amide bonds. The highest BCUT2D eigenvalue weighted by atomic mass is 19.4. The van der Waals surface area contributed by atoms with Crippen molar-refractivity contribution in [3.05, 3.63) is 203 Å². The Hall–Kier alpha value is -7.20. The van der Waals surface area contributed by atoms with Gasteiger partial charge in [0.15, 0.2) is 0 Å². The fourth-order valence-electron chi connectivity index (χ4n) is 7.18. The highest BCUT2D eigenvalue weighted by molar-refractivity contribution is 5.81. The van der Waals surface area contributed by atoms with Gasteiger partial charge in [0.25, 0.3) is 0 Å². The van der Waals surface area contributed by atoms with Gasteiger partial charge >= 0.3 is 12.4 Å². The van der Waals surface area contributed by atoms with Gasteiger partial charge in [0.1, 0.15) is 11.5 Å². The van der Waals surface area contributed by atoms with Gasteiger partial charge in [0.05, 0.1) is 23.3 Å². The molecule has 0 unspecified atom stereocenters. The molecule has 10 heteroatoms. The first-order valence-electron chi connectivity index (χ1n) is 20.7. The lowest BCUT2D eigenvalue weighted by molar-refractivity contribution is -0.141. The molecule has 0 fully saturated rings. The van der Waals surface area contributed by atoms with Crippen LogP contribution in [0.1, 0.15) is 61.1 Å². The summed E-state index contributed by atoms with van der Waals surface area (Å²) in [6.07, 6.45) is -4.96. The second-order valence-electron chi connectivity index (χ2n) is 15.5. The van der Waals surface area contributed by atoms with E-state index in [0.29, 0.717) is 23.3 Å². The van der Waals surface area contributed by atoms with Gasteiger partial charge in [-0.1, -0.05) is 85.0 Å². The summed E-state index contributed by atoms with van der Waals surface area (Å²) in [5.41, 5.74) is 2.35. The van der Waals surface area contributed by atoms with Gasteiger partial charge in [-0.2, -0.15) is 26.3 Å². The van der Waals surface area contributed by atoms with E-state index in [1.54, 1.807) is 48.5 Å². The van der Waals surface area contributed by atoms with Crippen molar-refractivity contribution in [2.24, 2.45) is 0 Å². The van der Waals surface area contributed by atoms with Crippen molar-refractivity contribution in [3.63, 3.8) is 0 Å². The molecule has 7 aromatic rings. The predicted octanol–water partition coefficient (Wildman–Crippen LogP) is 16.6. The number of halogens is 6. The highest BCUT2D eigenvalue weighted by Crippen LogP contribution is 2.42. The van der Waals surface area contributed by atoms with E-state index in [1.165, 1.54) is 12.2 Å². The second-order valence-corrected chi connectivity index (χ2v) is 15.5. The van der Waals surface area contributed by atoms with Gasteiger partial charge in [0, 0.05) is 34.1 Å². The van der Waals surface area contributed by atoms with Crippen molar-refractivity contribution >= 4 is 58.4 Å². The summed E-state index contributed by atoms with van der Waals surface area (Å²) in [5, 5.41) is 0. The Morgan fingerprint density at radius 2 is 0.656 bits per heavy atom. The van der Waals surface area contributed by atoms with Crippen LogP contribution in [-0.2, 0) is 12.4 Å². The molecule has 0 radical (unpaired) electrons. The molecule has 0 saturated carbocycles. The SMILES string of the molecule is CC(C)Oc1ccc(N(c2ccccc2)c2ccc(C=Cc3cc(C(F)(F)F)c(C=Cc4ccc(N(c5ccccc5)c5ccc(OC(C)C)cc5)cc4)cc3C(F)(F)F)cc2)cc1. The Balaban J connectivity index is 1.16. The van der Waals surface area contributed by atoms with Crippen LogP contribution in [0.3, 0.4) is 0 Å². The van der Waals surface area contributed by atoms with E-state index in [9.17, 15) is 26.3 Å². The molecule has 0 atom stereocenters. The molecule has 0 aliphatic heterocycles. The lowest BCUT2D eigenvalue weighted by Crippen LogP contribution is -2.13. The minimum absolute atomic E-state index is 0.00719. The van der Waals surface area contributed by atoms with E-state index in [-0.39, 0.29) is 12.2 Å². The van der Waals surface area contributed by atoms with Crippen molar-refractivity contribution in [1.29, 1.82) is 0 Å². The van der Waals surface area contributed by atoms with Gasteiger partial charge in [-0.15, -0.1) is 0 Å². The largest absolute Gasteiger partial charge is 0.491 e. The van der Waals surface area contributed by atoms with E-state index in [4.69, 9.17) is 9.47 Å². The predicted molar refractivity (Wildman–Crippen MR) is 248 cm³/mol. The molecular formula is C54H46F6N2O2. The maximum absolute atomic E-state index is 14.6. The standard InChI is InChI=1S/C54H46F6N2O2/c1-37(2)63-49-31-27-47(28-32-49)61(43-11-7-5-8-12-43)45-23-17-39(18-24-45)15-21-41-35-52(54(58,59)60)42(36-51(41)53(55,56)57)22-16-40-19-25-46(26-20-40)62(44-13-9-6-10-14-44)48-29-33-50(34-30-48)64-38(3)4/h5-38H,1-4H3. The lowest BCUT2D eigenvalue weighted by Gasteiger charge is -2.26. The van der Waals surface area contributed by atoms with Crippen molar-refractivity contribution in [1.82, 2.24) is 0 Å². The number of anilines is 6. The molecular weight excluding hydrogens is 823 g/mol. The minimum Gasteiger partial charge on any atom is -0.491 e. The molecule has 0 spiro atoms. The van der Waals surface area contributed by atoms with Crippen LogP contribution in [0.2, 0.25) is 0 Å². The van der Waals surface area contributed by atoms with E-state index in [2.05, 4.69) is 0 Å². The molecule has 64 heavy (non-hydrogen) atoms. The zero-order valence-electron chi connectivity index (χ0n) is 35.6. The molecule has 0 saturated heterocycles. The summed E-state index contributed by atoms with van der Waals surface area (Å²) < 4.78 is 99.3. The van der Waals surface area contributed by atoms with Crippen LogP contribution < -0.4 is 19.3 Å². The summed E-state index contributed by atoms with van der Waals surface area (Å²) in [4.78, 5) is 4.02. The van der Waals surface area contributed by atoms with Crippen LogP contribution in [0.15, 0.2) is 170 Å². The number of para-hydroxylation sites is 2. The smallest absolute Gasteiger partial charge is 0.417 e. The molecule has 7 rings (SSSR count). The van der Waals surface area contributed by atoms with Crippen LogP contribution >= 0.6 is 0 Å². The summed E-state index contributed by atoms with van der Waals surface area (Å²) in [6.45, 7) is 7.78. The normalized spacial score (nSPS) is 12.1. The first-order chi connectivity index (χ1) is 30.6. The minimum atomic E-state index is -4.94. The molecule has 0 N–H and O–H groups in total. The number of rotatable bonds is 14. The van der Waals surface area contributed by atoms with Crippen molar-refractivity contribution < 1.29 is 35.8 Å². The number of benzene rings is 7. The molecule has 7 aromatic carbocycles. The maximum Gasteiger partial charge on any atom is 0.417 e. The number of alkyl halides is 6. The van der Waals surface area contributed by atoms with E-state index < -0.39 is 34.6 Å². The first kappa shape index (κ1) is 44.8. The van der Waals surface area contributed by atoms with Gasteiger partial charge in [-0.05, 0) is 159 Å². The summed E-state index contributed by atoms with van der Waals surface area (Å²) in [5.74, 6) is 1.44. The van der Waals surface area contributed by atoms with Crippen molar-refractivity contribution in [2.75, 3.05) is 9.80 Å². The van der Waals surface area contributed by atoms with E-state index in [1.807, 2.05) is 147 Å². The van der Waals surface area contributed by atoms with E-state index in [0.717, 1.165) is 57.8 Å². The summed E-state index contributed by atoms with van der Waals surface area (Å²) in [7, 11) is 0. The van der Waals surface area contributed by atoms with Crippen LogP contribution in [0.25, 0.3) is 24.3 Å². The topological polar surface area (TPSA) is 24.9 Å². The Morgan fingerprint density at radius 1 is 0.375 bits per heavy atom. The molecule has 0 heterocycles. The third kappa shape index (κ3) is 11.2. The molecule has 0 bridgehead atoms. The number of ether oxygens (including phenoxy) is 2. The molecule has 0 aromatic heterocycles. The van der Waals surface area contributed by atoms with Gasteiger partial charge in [0.2, 0.25) is 0 Å². The average Bonchev–Trinajstić information content (AvgIpc) is 3.27. The van der Waals surface area contributed by atoms with Crippen molar-refractivity contribution in [3.8, 4) is 11.5 Å². The summed E-state index contributed by atoms with van der Waals surface area (Å²) in [6, 6.07) is 49.6. The Kier molecular flexibility index (Phi) is 13.6. The van der Waals surface area contributed by atoms with Crippen LogP contribution in [0.5, 0.6) is 11.5 Å². The lowest BCUT2D eigenvalue weighted by atomic mass is 9.95. The Bertz CT molecular complexity index is 2470. The molecule has 326 valence electrons. The van der Waals surface area contributed by atoms with Crippen molar-refractivity contribution in [2.45, 2.75) is 52.3 Å². The maximum atomic E-state index is 14.6. The van der Waals surface area contributed by atoms with Gasteiger partial charge in [-0.3, -0.25) is 0 Å². The summed E-state index contributed by atoms with van der Waals surface area (Å²) >= 11 is 0. The quantitative estimate of drug-likeness (QED) is 0.0803. The zero-order valence-corrected chi connectivity index (χ0v) is 35.6. The first-order valence-corrected chi connectivity index (χ1v) is 20.7. The van der Waals surface area contributed by atoms with Gasteiger partial charge in [-0.25, -0.2) is 0 Å². The Morgan fingerprint density at radius 3 is 0.938 bits per heavy atom. The fraction of sp³-hybridized carbons (Fsp3) is 0.148. The van der Waals surface area contributed by atoms with Crippen LogP contribution in [0, 0.1) is 0 Å². The third-order valence-electron chi connectivity index (χ3n) is 10.0. The zero-order chi connectivity index (χ0) is 45.4. The van der Waals surface area contributed by atoms with E-state index >= 15 is 0 Å². The highest BCUT2D eigenvalue weighted by Gasteiger charge is 2.38. The number of hydrogen-bond acceptors (Lipinski definition) is 4. The van der Waals surface area contributed by atoms with Crippen LogP contribution in [-0.4, -0.2) is 12.2 Å². The average molecular weight is 869 g/mol. The van der Waals surface area contributed by atoms with Crippen LogP contribution in [0.4, 0.5) is 60.5 Å². The second kappa shape index (κ2) is 19.5. The molecule has 0 aliphatic rings. The fourth-order valence-corrected chi connectivity index (χ4v) is 7.18.